The molecular formula is C9H6ClF3O3S. The minimum Gasteiger partial charge on any atom is -0.342 e. The van der Waals surface area contributed by atoms with Gasteiger partial charge in [0.1, 0.15) is 0 Å². The Balaban J connectivity index is 2.25. The molecule has 2 rings (SSSR count). The number of sulfone groups is 1. The van der Waals surface area contributed by atoms with Crippen LogP contribution >= 0.6 is 11.6 Å². The number of rotatable bonds is 2. The lowest BCUT2D eigenvalue weighted by Gasteiger charge is -2.03. The van der Waals surface area contributed by atoms with Gasteiger partial charge in [0.2, 0.25) is 9.84 Å². The first-order valence-corrected chi connectivity index (χ1v) is 6.37. The van der Waals surface area contributed by atoms with Gasteiger partial charge in [-0.3, -0.25) is 0 Å². The van der Waals surface area contributed by atoms with Crippen LogP contribution in [-0.2, 0) is 14.6 Å². The molecule has 0 N–H and O–H groups in total. The molecule has 0 radical (unpaired) electrons. The van der Waals surface area contributed by atoms with E-state index in [0.29, 0.717) is 5.02 Å². The summed E-state index contributed by atoms with van der Waals surface area (Å²) >= 11 is 5.55. The molecule has 2 atom stereocenters. The fourth-order valence-corrected chi connectivity index (χ4v) is 2.98. The zero-order valence-electron chi connectivity index (χ0n) is 8.11. The summed E-state index contributed by atoms with van der Waals surface area (Å²) in [7, 11) is -4.12. The van der Waals surface area contributed by atoms with Gasteiger partial charge in [-0.05, 0) is 24.3 Å². The summed E-state index contributed by atoms with van der Waals surface area (Å²) in [6, 6.07) is 4.87. The van der Waals surface area contributed by atoms with Crippen molar-refractivity contribution < 1.29 is 26.3 Å². The summed E-state index contributed by atoms with van der Waals surface area (Å²) in [5.74, 6) is 0. The third-order valence-electron chi connectivity index (χ3n) is 2.22. The summed E-state index contributed by atoms with van der Waals surface area (Å²) < 4.78 is 64.1. The second-order valence-corrected chi connectivity index (χ2v) is 5.93. The van der Waals surface area contributed by atoms with Gasteiger partial charge in [0.15, 0.2) is 11.5 Å². The summed E-state index contributed by atoms with van der Waals surface area (Å²) in [4.78, 5) is -0.237. The number of benzene rings is 1. The maximum absolute atomic E-state index is 12.2. The van der Waals surface area contributed by atoms with Crippen LogP contribution in [-0.4, -0.2) is 26.1 Å². The van der Waals surface area contributed by atoms with E-state index in [9.17, 15) is 21.6 Å². The minimum absolute atomic E-state index is 0.237. The summed E-state index contributed by atoms with van der Waals surface area (Å²) in [6.07, 6.45) is -6.90. The Morgan fingerprint density at radius 1 is 1.18 bits per heavy atom. The van der Waals surface area contributed by atoms with E-state index in [2.05, 4.69) is 4.74 Å². The third kappa shape index (κ3) is 2.41. The number of halogens is 4. The van der Waals surface area contributed by atoms with Gasteiger partial charge in [-0.2, -0.15) is 13.2 Å². The third-order valence-corrected chi connectivity index (χ3v) is 4.37. The molecule has 1 aromatic rings. The SMILES string of the molecule is O=S(=O)(c1ccc(Cl)cc1)C1OC1C(F)(F)F. The van der Waals surface area contributed by atoms with Crippen molar-refractivity contribution in [1.82, 2.24) is 0 Å². The molecular weight excluding hydrogens is 281 g/mol. The Morgan fingerprint density at radius 3 is 2.12 bits per heavy atom. The fraction of sp³-hybridized carbons (Fsp3) is 0.333. The molecule has 1 aliphatic rings. The molecule has 94 valence electrons. The highest BCUT2D eigenvalue weighted by Crippen LogP contribution is 2.42. The molecule has 0 aliphatic carbocycles. The Morgan fingerprint density at radius 2 is 1.71 bits per heavy atom. The number of hydrogen-bond acceptors (Lipinski definition) is 3. The van der Waals surface area contributed by atoms with Crippen LogP contribution in [0.4, 0.5) is 13.2 Å². The first kappa shape index (κ1) is 12.7. The molecule has 8 heteroatoms. The molecule has 0 bridgehead atoms. The highest BCUT2D eigenvalue weighted by Gasteiger charge is 2.64. The fourth-order valence-electron chi connectivity index (χ4n) is 1.32. The Hall–Kier alpha value is -0.790. The van der Waals surface area contributed by atoms with E-state index in [-0.39, 0.29) is 4.90 Å². The second kappa shape index (κ2) is 3.86. The van der Waals surface area contributed by atoms with Gasteiger partial charge < -0.3 is 4.74 Å². The number of epoxide rings is 1. The van der Waals surface area contributed by atoms with Crippen LogP contribution in [0.2, 0.25) is 5.02 Å². The molecule has 1 aromatic carbocycles. The van der Waals surface area contributed by atoms with E-state index in [1.807, 2.05) is 0 Å². The van der Waals surface area contributed by atoms with Crippen molar-refractivity contribution in [1.29, 1.82) is 0 Å². The molecule has 0 spiro atoms. The van der Waals surface area contributed by atoms with Crippen LogP contribution in [0.5, 0.6) is 0 Å². The van der Waals surface area contributed by atoms with Crippen LogP contribution in [0, 0.1) is 0 Å². The van der Waals surface area contributed by atoms with Crippen molar-refractivity contribution in [2.24, 2.45) is 0 Å². The molecule has 0 saturated carbocycles. The predicted octanol–water partition coefficient (Wildman–Crippen LogP) is 2.40. The van der Waals surface area contributed by atoms with E-state index in [0.717, 1.165) is 12.1 Å². The maximum atomic E-state index is 12.2. The van der Waals surface area contributed by atoms with Gasteiger partial charge in [0.25, 0.3) is 0 Å². The quantitative estimate of drug-likeness (QED) is 0.784. The number of ether oxygens (including phenoxy) is 1. The van der Waals surface area contributed by atoms with Gasteiger partial charge in [-0.25, -0.2) is 8.42 Å². The number of alkyl halides is 3. The highest BCUT2D eigenvalue weighted by atomic mass is 35.5. The Labute approximate surface area is 100 Å². The molecule has 2 unspecified atom stereocenters. The minimum atomic E-state index is -4.66. The topological polar surface area (TPSA) is 46.7 Å². The van der Waals surface area contributed by atoms with Crippen molar-refractivity contribution in [2.45, 2.75) is 22.6 Å². The lowest BCUT2D eigenvalue weighted by atomic mass is 10.4. The van der Waals surface area contributed by atoms with Gasteiger partial charge in [-0.15, -0.1) is 0 Å². The first-order valence-electron chi connectivity index (χ1n) is 4.44. The van der Waals surface area contributed by atoms with E-state index < -0.39 is 27.6 Å². The average molecular weight is 287 g/mol. The predicted molar refractivity (Wildman–Crippen MR) is 53.4 cm³/mol. The molecule has 3 nitrogen and oxygen atoms in total. The Bertz CT molecular complexity index is 523. The summed E-state index contributed by atoms with van der Waals surface area (Å²) in [5, 5.41) is 0.299. The van der Waals surface area contributed by atoms with Crippen molar-refractivity contribution in [2.75, 3.05) is 0 Å². The van der Waals surface area contributed by atoms with E-state index >= 15 is 0 Å². The van der Waals surface area contributed by atoms with Crippen molar-refractivity contribution >= 4 is 21.4 Å². The van der Waals surface area contributed by atoms with Crippen LogP contribution in [0.1, 0.15) is 0 Å². The molecule has 0 amide bonds. The Kier molecular flexibility index (Phi) is 2.87. The molecule has 1 fully saturated rings. The van der Waals surface area contributed by atoms with E-state index in [1.165, 1.54) is 12.1 Å². The first-order chi connectivity index (χ1) is 7.73. The van der Waals surface area contributed by atoms with Crippen molar-refractivity contribution in [3.63, 3.8) is 0 Å². The molecule has 0 aromatic heterocycles. The lowest BCUT2D eigenvalue weighted by Crippen LogP contribution is -2.22. The van der Waals surface area contributed by atoms with E-state index in [1.54, 1.807) is 0 Å². The average Bonchev–Trinajstić information content (AvgIpc) is 2.96. The van der Waals surface area contributed by atoms with Crippen molar-refractivity contribution in [3.05, 3.63) is 29.3 Å². The molecule has 1 aliphatic heterocycles. The molecule has 1 saturated heterocycles. The van der Waals surface area contributed by atoms with Crippen LogP contribution < -0.4 is 0 Å². The zero-order valence-corrected chi connectivity index (χ0v) is 9.68. The zero-order chi connectivity index (χ0) is 12.8. The molecule has 17 heavy (non-hydrogen) atoms. The molecule has 1 heterocycles. The maximum Gasteiger partial charge on any atom is 0.418 e. The van der Waals surface area contributed by atoms with E-state index in [4.69, 9.17) is 11.6 Å². The van der Waals surface area contributed by atoms with Gasteiger partial charge in [-0.1, -0.05) is 11.6 Å². The van der Waals surface area contributed by atoms with Gasteiger partial charge in [0, 0.05) is 5.02 Å². The standard InChI is InChI=1S/C9H6ClF3O3S/c10-5-1-3-6(4-2-5)17(14,15)8-7(16-8)9(11,12)13/h1-4,7-8H. The lowest BCUT2D eigenvalue weighted by molar-refractivity contribution is -0.146. The van der Waals surface area contributed by atoms with Gasteiger partial charge >= 0.3 is 6.18 Å². The van der Waals surface area contributed by atoms with Crippen molar-refractivity contribution in [3.8, 4) is 0 Å². The largest absolute Gasteiger partial charge is 0.418 e. The second-order valence-electron chi connectivity index (χ2n) is 3.47. The smallest absolute Gasteiger partial charge is 0.342 e. The number of hydrogen-bond donors (Lipinski definition) is 0. The summed E-state index contributed by atoms with van der Waals surface area (Å²) in [5.41, 5.74) is -1.84. The van der Waals surface area contributed by atoms with Crippen LogP contribution in [0.25, 0.3) is 0 Å². The van der Waals surface area contributed by atoms with Crippen LogP contribution in [0.15, 0.2) is 29.2 Å². The normalized spacial score (nSPS) is 24.7. The van der Waals surface area contributed by atoms with Crippen LogP contribution in [0.3, 0.4) is 0 Å². The monoisotopic (exact) mass is 286 g/mol. The van der Waals surface area contributed by atoms with Gasteiger partial charge in [0.05, 0.1) is 4.90 Å². The summed E-state index contributed by atoms with van der Waals surface area (Å²) in [6.45, 7) is 0. The highest BCUT2D eigenvalue weighted by molar-refractivity contribution is 7.92.